The minimum absolute atomic E-state index is 0.216. The molecule has 0 fully saturated rings. The summed E-state index contributed by atoms with van der Waals surface area (Å²) >= 11 is 0. The lowest BCUT2D eigenvalue weighted by molar-refractivity contribution is -0.274. The molecular formula is C14H16F3N3O. The predicted octanol–water partition coefficient (Wildman–Crippen LogP) is 2.59. The van der Waals surface area contributed by atoms with Crippen LogP contribution in [0.3, 0.4) is 0 Å². The van der Waals surface area contributed by atoms with Crippen molar-refractivity contribution in [3.05, 3.63) is 48.0 Å². The lowest BCUT2D eigenvalue weighted by Crippen LogP contribution is -2.17. The molecule has 1 N–H and O–H groups in total. The van der Waals surface area contributed by atoms with Crippen molar-refractivity contribution in [3.8, 4) is 5.75 Å². The van der Waals surface area contributed by atoms with Gasteiger partial charge >= 0.3 is 6.36 Å². The Morgan fingerprint density at radius 2 is 1.95 bits per heavy atom. The molecular weight excluding hydrogens is 283 g/mol. The minimum Gasteiger partial charge on any atom is -0.406 e. The molecule has 4 nitrogen and oxygen atoms in total. The molecule has 0 spiro atoms. The summed E-state index contributed by atoms with van der Waals surface area (Å²) in [6.07, 6.45) is -0.182. The van der Waals surface area contributed by atoms with Crippen LogP contribution in [-0.4, -0.2) is 29.5 Å². The Labute approximate surface area is 120 Å². The van der Waals surface area contributed by atoms with Gasteiger partial charge in [-0.2, -0.15) is 0 Å². The zero-order chi connectivity index (χ0) is 15.3. The topological polar surface area (TPSA) is 39.1 Å². The third-order valence-corrected chi connectivity index (χ3v) is 2.84. The second-order valence-corrected chi connectivity index (χ2v) is 4.58. The van der Waals surface area contributed by atoms with Gasteiger partial charge in [-0.15, -0.1) is 13.2 Å². The second-order valence-electron chi connectivity index (χ2n) is 4.58. The Hall–Kier alpha value is -2.02. The normalized spacial score (nSPS) is 11.6. The first-order valence-corrected chi connectivity index (χ1v) is 6.46. The van der Waals surface area contributed by atoms with E-state index < -0.39 is 6.36 Å². The summed E-state index contributed by atoms with van der Waals surface area (Å²) < 4.78 is 41.9. The minimum atomic E-state index is -4.66. The average Bonchev–Trinajstić information content (AvgIpc) is 2.85. The number of aromatic nitrogens is 2. The molecule has 21 heavy (non-hydrogen) atoms. The van der Waals surface area contributed by atoms with E-state index in [0.717, 1.165) is 24.2 Å². The molecule has 0 aliphatic carbocycles. The molecule has 0 unspecified atom stereocenters. The molecule has 0 aliphatic rings. The SMILES string of the molecule is CNCCc1cn(Cc2ccc(OC(F)(F)F)cc2)cn1. The lowest BCUT2D eigenvalue weighted by Gasteiger charge is -2.09. The molecule has 1 heterocycles. The van der Waals surface area contributed by atoms with Gasteiger partial charge < -0.3 is 14.6 Å². The van der Waals surface area contributed by atoms with Crippen LogP contribution in [-0.2, 0) is 13.0 Å². The van der Waals surface area contributed by atoms with Gasteiger partial charge in [0.25, 0.3) is 0 Å². The number of alkyl halides is 3. The van der Waals surface area contributed by atoms with E-state index in [1.54, 1.807) is 18.5 Å². The Kier molecular flexibility index (Phi) is 4.85. The van der Waals surface area contributed by atoms with E-state index in [9.17, 15) is 13.2 Å². The largest absolute Gasteiger partial charge is 0.573 e. The molecule has 7 heteroatoms. The van der Waals surface area contributed by atoms with E-state index in [1.165, 1.54) is 12.1 Å². The number of hydrogen-bond donors (Lipinski definition) is 1. The number of benzene rings is 1. The summed E-state index contributed by atoms with van der Waals surface area (Å²) in [5.74, 6) is -0.216. The highest BCUT2D eigenvalue weighted by molar-refractivity contribution is 5.27. The van der Waals surface area contributed by atoms with E-state index in [0.29, 0.717) is 6.54 Å². The van der Waals surface area contributed by atoms with Crippen LogP contribution >= 0.6 is 0 Å². The van der Waals surface area contributed by atoms with Gasteiger partial charge in [0.2, 0.25) is 0 Å². The van der Waals surface area contributed by atoms with Crippen LogP contribution in [0.2, 0.25) is 0 Å². The first-order valence-electron chi connectivity index (χ1n) is 6.46. The van der Waals surface area contributed by atoms with E-state index in [-0.39, 0.29) is 5.75 Å². The van der Waals surface area contributed by atoms with Crippen molar-refractivity contribution >= 4 is 0 Å². The maximum Gasteiger partial charge on any atom is 0.573 e. The molecule has 0 saturated heterocycles. The van der Waals surface area contributed by atoms with E-state index in [1.807, 2.05) is 17.8 Å². The van der Waals surface area contributed by atoms with Gasteiger partial charge in [0.15, 0.2) is 0 Å². The molecule has 1 aromatic heterocycles. The highest BCUT2D eigenvalue weighted by atomic mass is 19.4. The average molecular weight is 299 g/mol. The summed E-state index contributed by atoms with van der Waals surface area (Å²) in [7, 11) is 1.88. The fourth-order valence-electron chi connectivity index (χ4n) is 1.88. The lowest BCUT2D eigenvalue weighted by atomic mass is 10.2. The van der Waals surface area contributed by atoms with Gasteiger partial charge in [0, 0.05) is 25.7 Å². The number of nitrogens with one attached hydrogen (secondary N) is 1. The van der Waals surface area contributed by atoms with Crippen molar-refractivity contribution in [3.63, 3.8) is 0 Å². The molecule has 0 aliphatic heterocycles. The van der Waals surface area contributed by atoms with Gasteiger partial charge in [-0.05, 0) is 24.7 Å². The van der Waals surface area contributed by atoms with Gasteiger partial charge in [-0.1, -0.05) is 12.1 Å². The highest BCUT2D eigenvalue weighted by Gasteiger charge is 2.30. The van der Waals surface area contributed by atoms with Crippen molar-refractivity contribution in [2.45, 2.75) is 19.3 Å². The number of nitrogens with zero attached hydrogens (tertiary/aromatic N) is 2. The number of ether oxygens (including phenoxy) is 1. The van der Waals surface area contributed by atoms with E-state index >= 15 is 0 Å². The van der Waals surface area contributed by atoms with Crippen LogP contribution in [0.25, 0.3) is 0 Å². The number of imidazole rings is 1. The van der Waals surface area contributed by atoms with Crippen LogP contribution in [0.15, 0.2) is 36.8 Å². The maximum atomic E-state index is 12.1. The predicted molar refractivity (Wildman–Crippen MR) is 72.1 cm³/mol. The summed E-state index contributed by atoms with van der Waals surface area (Å²) in [6, 6.07) is 5.83. The summed E-state index contributed by atoms with van der Waals surface area (Å²) in [4.78, 5) is 4.27. The van der Waals surface area contributed by atoms with Gasteiger partial charge in [0.05, 0.1) is 12.0 Å². The highest BCUT2D eigenvalue weighted by Crippen LogP contribution is 2.22. The smallest absolute Gasteiger partial charge is 0.406 e. The van der Waals surface area contributed by atoms with Crippen LogP contribution in [0.5, 0.6) is 5.75 Å². The third-order valence-electron chi connectivity index (χ3n) is 2.84. The first kappa shape index (κ1) is 15.4. The maximum absolute atomic E-state index is 12.1. The van der Waals surface area contributed by atoms with E-state index in [2.05, 4.69) is 15.0 Å². The molecule has 0 bridgehead atoms. The Bertz CT molecular complexity index is 564. The fourth-order valence-corrected chi connectivity index (χ4v) is 1.88. The van der Waals surface area contributed by atoms with E-state index in [4.69, 9.17) is 0 Å². The monoisotopic (exact) mass is 299 g/mol. The Morgan fingerprint density at radius 1 is 1.24 bits per heavy atom. The molecule has 0 radical (unpaired) electrons. The van der Waals surface area contributed by atoms with Crippen molar-refractivity contribution in [1.82, 2.24) is 14.9 Å². The van der Waals surface area contributed by atoms with Crippen LogP contribution in [0, 0.1) is 0 Å². The van der Waals surface area contributed by atoms with Crippen LogP contribution in [0.1, 0.15) is 11.3 Å². The fraction of sp³-hybridized carbons (Fsp3) is 0.357. The van der Waals surface area contributed by atoms with Gasteiger partial charge in [0.1, 0.15) is 5.75 Å². The van der Waals surface area contributed by atoms with Gasteiger partial charge in [-0.25, -0.2) is 4.98 Å². The van der Waals surface area contributed by atoms with Crippen molar-refractivity contribution in [1.29, 1.82) is 0 Å². The zero-order valence-corrected chi connectivity index (χ0v) is 11.5. The second kappa shape index (κ2) is 6.62. The number of hydrogen-bond acceptors (Lipinski definition) is 3. The van der Waals surface area contributed by atoms with Crippen LogP contribution in [0.4, 0.5) is 13.2 Å². The first-order chi connectivity index (χ1) is 9.96. The summed E-state index contributed by atoms with van der Waals surface area (Å²) in [5.41, 5.74) is 1.85. The Balaban J connectivity index is 1.95. The van der Waals surface area contributed by atoms with Crippen molar-refractivity contribution in [2.24, 2.45) is 0 Å². The number of likely N-dealkylation sites (N-methyl/N-ethyl adjacent to an activating group) is 1. The molecule has 0 atom stereocenters. The molecule has 0 amide bonds. The summed E-state index contributed by atoms with van der Waals surface area (Å²) in [5, 5.41) is 3.04. The van der Waals surface area contributed by atoms with Crippen molar-refractivity contribution < 1.29 is 17.9 Å². The quantitative estimate of drug-likeness (QED) is 0.891. The standard InChI is InChI=1S/C14H16F3N3O/c1-18-7-6-12-9-20(10-19-12)8-11-2-4-13(5-3-11)21-14(15,16)17/h2-5,9-10,18H,6-8H2,1H3. The number of rotatable bonds is 6. The summed E-state index contributed by atoms with van der Waals surface area (Å²) in [6.45, 7) is 1.40. The number of halogens is 3. The van der Waals surface area contributed by atoms with Crippen LogP contribution < -0.4 is 10.1 Å². The zero-order valence-electron chi connectivity index (χ0n) is 11.5. The van der Waals surface area contributed by atoms with Gasteiger partial charge in [-0.3, -0.25) is 0 Å². The third kappa shape index (κ3) is 5.11. The van der Waals surface area contributed by atoms with Crippen molar-refractivity contribution in [2.75, 3.05) is 13.6 Å². The molecule has 0 saturated carbocycles. The molecule has 2 aromatic rings. The molecule has 2 rings (SSSR count). The Morgan fingerprint density at radius 3 is 2.57 bits per heavy atom. The molecule has 114 valence electrons. The molecule has 1 aromatic carbocycles.